The number of halogens is 5. The molecule has 1 aliphatic heterocycles. The molecule has 0 aromatic heterocycles. The Bertz CT molecular complexity index is 1070. The zero-order chi connectivity index (χ0) is 20.9. The number of nitrogens with zero attached hydrogens (tertiary/aromatic N) is 2. The Kier molecular flexibility index (Phi) is 4.77. The Morgan fingerprint density at radius 3 is 2.39 bits per heavy atom. The number of hydrogen-bond acceptors (Lipinski definition) is 5. The summed E-state index contributed by atoms with van der Waals surface area (Å²) in [6.45, 7) is 0.0274. The first kappa shape index (κ1) is 20.0. The summed E-state index contributed by atoms with van der Waals surface area (Å²) >= 11 is 0. The van der Waals surface area contributed by atoms with Crippen LogP contribution in [0.1, 0.15) is 12.0 Å². The second-order valence-corrected chi connectivity index (χ2v) is 7.92. The van der Waals surface area contributed by atoms with Crippen molar-refractivity contribution in [2.75, 3.05) is 11.4 Å². The molecule has 0 N–H and O–H groups in total. The van der Waals surface area contributed by atoms with Gasteiger partial charge in [0.15, 0.2) is 11.6 Å². The molecule has 1 aliphatic rings. The summed E-state index contributed by atoms with van der Waals surface area (Å²) in [7, 11) is -5.81. The lowest BCUT2D eigenvalue weighted by Gasteiger charge is -2.31. The molecule has 6 nitrogen and oxygen atoms in total. The third-order valence-corrected chi connectivity index (χ3v) is 5.78. The van der Waals surface area contributed by atoms with Crippen LogP contribution in [0, 0.1) is 21.7 Å². The molecule has 0 radical (unpaired) electrons. The maximum Gasteiger partial charge on any atom is 0.501 e. The number of alkyl halides is 3. The van der Waals surface area contributed by atoms with Crippen molar-refractivity contribution in [1.29, 1.82) is 0 Å². The summed E-state index contributed by atoms with van der Waals surface area (Å²) < 4.78 is 89.3. The predicted molar refractivity (Wildman–Crippen MR) is 88.0 cm³/mol. The van der Waals surface area contributed by atoms with Crippen molar-refractivity contribution in [3.05, 3.63) is 57.6 Å². The molecule has 0 saturated heterocycles. The van der Waals surface area contributed by atoms with E-state index in [1.54, 1.807) is 0 Å². The van der Waals surface area contributed by atoms with Gasteiger partial charge in [0.1, 0.15) is 5.69 Å². The van der Waals surface area contributed by atoms with Crippen LogP contribution < -0.4 is 4.90 Å². The average Bonchev–Trinajstić information content (AvgIpc) is 2.63. The minimum atomic E-state index is -5.81. The van der Waals surface area contributed by atoms with Crippen molar-refractivity contribution >= 4 is 26.9 Å². The number of hydrogen-bond donors (Lipinski definition) is 0. The largest absolute Gasteiger partial charge is 0.501 e. The van der Waals surface area contributed by atoms with E-state index in [4.69, 9.17) is 0 Å². The maximum atomic E-state index is 14.3. The number of nitro groups is 1. The Hall–Kier alpha value is -2.76. The molecule has 0 atom stereocenters. The van der Waals surface area contributed by atoms with Crippen LogP contribution in [0.2, 0.25) is 0 Å². The van der Waals surface area contributed by atoms with Crippen LogP contribution in [-0.4, -0.2) is 25.4 Å². The fourth-order valence-electron chi connectivity index (χ4n) is 3.03. The van der Waals surface area contributed by atoms with Gasteiger partial charge in [0, 0.05) is 12.6 Å². The first-order chi connectivity index (χ1) is 12.9. The van der Waals surface area contributed by atoms with E-state index in [0.29, 0.717) is 24.5 Å². The number of anilines is 2. The van der Waals surface area contributed by atoms with Crippen LogP contribution in [-0.2, 0) is 16.3 Å². The van der Waals surface area contributed by atoms with Crippen molar-refractivity contribution in [3.63, 3.8) is 0 Å². The summed E-state index contributed by atoms with van der Waals surface area (Å²) in [4.78, 5) is 10.1. The molecule has 0 spiro atoms. The van der Waals surface area contributed by atoms with E-state index in [9.17, 15) is 40.5 Å². The quantitative estimate of drug-likeness (QED) is 0.420. The Morgan fingerprint density at radius 1 is 1.11 bits per heavy atom. The Balaban J connectivity index is 2.21. The Labute approximate surface area is 155 Å². The third-order valence-electron chi connectivity index (χ3n) is 4.30. The normalized spacial score (nSPS) is 14.7. The molecule has 0 saturated carbocycles. The van der Waals surface area contributed by atoms with E-state index in [-0.39, 0.29) is 24.0 Å². The fourth-order valence-corrected chi connectivity index (χ4v) is 3.81. The predicted octanol–water partition coefficient (Wildman–Crippen LogP) is 4.25. The summed E-state index contributed by atoms with van der Waals surface area (Å²) in [5.74, 6) is -2.44. The van der Waals surface area contributed by atoms with Gasteiger partial charge >= 0.3 is 5.51 Å². The van der Waals surface area contributed by atoms with E-state index >= 15 is 0 Å². The van der Waals surface area contributed by atoms with Gasteiger partial charge in [-0.2, -0.15) is 13.2 Å². The van der Waals surface area contributed by atoms with Gasteiger partial charge in [-0.15, -0.1) is 0 Å². The van der Waals surface area contributed by atoms with Gasteiger partial charge in [0.05, 0.1) is 15.5 Å². The minimum Gasteiger partial charge on any atom is -0.333 e. The second kappa shape index (κ2) is 6.69. The second-order valence-electron chi connectivity index (χ2n) is 5.98. The third kappa shape index (κ3) is 3.17. The zero-order valence-corrected chi connectivity index (χ0v) is 14.7. The van der Waals surface area contributed by atoms with Gasteiger partial charge < -0.3 is 4.90 Å². The van der Waals surface area contributed by atoms with Crippen LogP contribution in [0.4, 0.5) is 39.0 Å². The molecule has 150 valence electrons. The number of sulfone groups is 1. The van der Waals surface area contributed by atoms with Gasteiger partial charge in [-0.1, -0.05) is 6.07 Å². The van der Waals surface area contributed by atoms with E-state index in [1.807, 2.05) is 0 Å². The molecule has 1 heterocycles. The molecule has 3 rings (SSSR count). The van der Waals surface area contributed by atoms with Gasteiger partial charge in [-0.05, 0) is 36.6 Å². The number of aryl methyl sites for hydroxylation is 1. The van der Waals surface area contributed by atoms with Crippen LogP contribution in [0.25, 0.3) is 0 Å². The van der Waals surface area contributed by atoms with Crippen LogP contribution in [0.3, 0.4) is 0 Å². The smallest absolute Gasteiger partial charge is 0.333 e. The van der Waals surface area contributed by atoms with Crippen LogP contribution in [0.5, 0.6) is 0 Å². The molecular formula is C16H11F5N2O4S. The number of benzene rings is 2. The van der Waals surface area contributed by atoms with Crippen molar-refractivity contribution in [3.8, 4) is 0 Å². The monoisotopic (exact) mass is 422 g/mol. The summed E-state index contributed by atoms with van der Waals surface area (Å²) in [6.07, 6.45) is 0.787. The van der Waals surface area contributed by atoms with Crippen molar-refractivity contribution in [2.24, 2.45) is 0 Å². The van der Waals surface area contributed by atoms with Crippen LogP contribution >= 0.6 is 0 Å². The Morgan fingerprint density at radius 2 is 1.79 bits per heavy atom. The molecule has 0 fully saturated rings. The van der Waals surface area contributed by atoms with E-state index in [0.717, 1.165) is 17.0 Å². The van der Waals surface area contributed by atoms with E-state index in [1.165, 1.54) is 6.07 Å². The fraction of sp³-hybridized carbons (Fsp3) is 0.250. The molecule has 2 aromatic rings. The first-order valence-electron chi connectivity index (χ1n) is 7.79. The topological polar surface area (TPSA) is 80.5 Å². The van der Waals surface area contributed by atoms with Gasteiger partial charge in [0.25, 0.3) is 15.5 Å². The summed E-state index contributed by atoms with van der Waals surface area (Å²) in [6, 6.07) is 3.83. The van der Waals surface area contributed by atoms with Crippen LogP contribution in [0.15, 0.2) is 35.2 Å². The highest BCUT2D eigenvalue weighted by atomic mass is 32.2. The average molecular weight is 422 g/mol. The van der Waals surface area contributed by atoms with Crippen molar-refractivity contribution in [1.82, 2.24) is 0 Å². The van der Waals surface area contributed by atoms with Crippen molar-refractivity contribution < 1.29 is 35.3 Å². The highest BCUT2D eigenvalue weighted by Crippen LogP contribution is 2.42. The summed E-state index contributed by atoms with van der Waals surface area (Å²) in [5.41, 5.74) is -6.85. The standard InChI is InChI=1S/C16H11F5N2O4S/c17-11-5-3-9-2-1-7-22(15(9)14(11)18)12-6-4-10(8-13(12)23(24)25)28(26,27)16(19,20)21/h3-6,8H,1-2,7H2. The van der Waals surface area contributed by atoms with Gasteiger partial charge in [-0.3, -0.25) is 10.1 Å². The molecule has 28 heavy (non-hydrogen) atoms. The van der Waals surface area contributed by atoms with Gasteiger partial charge in [-0.25, -0.2) is 17.2 Å². The highest BCUT2D eigenvalue weighted by molar-refractivity contribution is 7.92. The molecule has 0 aliphatic carbocycles. The lowest BCUT2D eigenvalue weighted by Crippen LogP contribution is -2.27. The number of nitro benzene ring substituents is 1. The molecule has 0 unspecified atom stereocenters. The maximum absolute atomic E-state index is 14.3. The van der Waals surface area contributed by atoms with E-state index < -0.39 is 42.5 Å². The summed E-state index contributed by atoms with van der Waals surface area (Å²) in [5, 5.41) is 11.4. The molecule has 0 amide bonds. The SMILES string of the molecule is O=[N+]([O-])c1cc(S(=O)(=O)C(F)(F)F)ccc1N1CCCc2ccc(F)c(F)c21. The van der Waals surface area contributed by atoms with Crippen molar-refractivity contribution in [2.45, 2.75) is 23.2 Å². The lowest BCUT2D eigenvalue weighted by atomic mass is 10.00. The minimum absolute atomic E-state index is 0.0274. The molecule has 0 bridgehead atoms. The molecular weight excluding hydrogens is 411 g/mol. The molecule has 12 heteroatoms. The number of rotatable bonds is 3. The van der Waals surface area contributed by atoms with E-state index in [2.05, 4.69) is 0 Å². The number of fused-ring (bicyclic) bond motifs is 1. The van der Waals surface area contributed by atoms with Gasteiger partial charge in [0.2, 0.25) is 0 Å². The highest BCUT2D eigenvalue weighted by Gasteiger charge is 2.47. The molecule has 2 aromatic carbocycles. The lowest BCUT2D eigenvalue weighted by molar-refractivity contribution is -0.384. The first-order valence-corrected chi connectivity index (χ1v) is 9.27. The zero-order valence-electron chi connectivity index (χ0n) is 13.8.